The van der Waals surface area contributed by atoms with Gasteiger partial charge in [-0.2, -0.15) is 5.10 Å². The first-order valence-electron chi connectivity index (χ1n) is 6.63. The lowest BCUT2D eigenvalue weighted by Gasteiger charge is -2.02. The molecule has 1 aromatic heterocycles. The number of carbonyl (C=O) groups is 1. The fraction of sp³-hybridized carbons (Fsp3) is 0.267. The van der Waals surface area contributed by atoms with Gasteiger partial charge in [0, 0.05) is 5.38 Å². The fourth-order valence-corrected chi connectivity index (χ4v) is 2.30. The van der Waals surface area contributed by atoms with E-state index in [2.05, 4.69) is 15.5 Å². The number of hydrogen-bond donors (Lipinski definition) is 1. The van der Waals surface area contributed by atoms with E-state index in [4.69, 9.17) is 4.74 Å². The first-order chi connectivity index (χ1) is 10.2. The molecular weight excluding hydrogens is 286 g/mol. The zero-order chi connectivity index (χ0) is 15.1. The minimum Gasteiger partial charge on any atom is -0.494 e. The normalized spacial score (nSPS) is 10.8. The summed E-state index contributed by atoms with van der Waals surface area (Å²) in [5.41, 5.74) is 4.15. The lowest BCUT2D eigenvalue weighted by molar-refractivity contribution is -0.120. The summed E-state index contributed by atoms with van der Waals surface area (Å²) in [6.45, 7) is 4.49. The molecule has 0 saturated heterocycles. The van der Waals surface area contributed by atoms with Crippen LogP contribution in [-0.4, -0.2) is 23.7 Å². The van der Waals surface area contributed by atoms with Crippen molar-refractivity contribution in [1.29, 1.82) is 0 Å². The van der Waals surface area contributed by atoms with Gasteiger partial charge in [0.2, 0.25) is 5.91 Å². The molecule has 21 heavy (non-hydrogen) atoms. The molecule has 1 heterocycles. The Morgan fingerprint density at radius 1 is 1.43 bits per heavy atom. The number of thiazole rings is 1. The van der Waals surface area contributed by atoms with Crippen molar-refractivity contribution >= 4 is 23.5 Å². The highest BCUT2D eigenvalue weighted by Crippen LogP contribution is 2.10. The molecule has 0 aliphatic carbocycles. The predicted molar refractivity (Wildman–Crippen MR) is 83.9 cm³/mol. The Morgan fingerprint density at radius 3 is 2.81 bits per heavy atom. The van der Waals surface area contributed by atoms with Crippen molar-refractivity contribution in [2.75, 3.05) is 6.61 Å². The topological polar surface area (TPSA) is 63.6 Å². The number of carbonyl (C=O) groups excluding carboxylic acids is 1. The summed E-state index contributed by atoms with van der Waals surface area (Å²) in [6, 6.07) is 7.49. The molecule has 1 aromatic carbocycles. The molecule has 2 aromatic rings. The summed E-state index contributed by atoms with van der Waals surface area (Å²) in [7, 11) is 0. The van der Waals surface area contributed by atoms with Gasteiger partial charge in [0.15, 0.2) is 0 Å². The van der Waals surface area contributed by atoms with Crippen molar-refractivity contribution in [2.45, 2.75) is 20.3 Å². The second kappa shape index (κ2) is 7.54. The van der Waals surface area contributed by atoms with E-state index in [-0.39, 0.29) is 12.3 Å². The Hall–Kier alpha value is -2.21. The SMILES string of the molecule is CCOc1ccc(C=NNC(=O)Cc2csc(C)n2)cc1. The third-order valence-corrected chi connectivity index (χ3v) is 3.42. The molecule has 0 spiro atoms. The molecule has 0 atom stereocenters. The largest absolute Gasteiger partial charge is 0.494 e. The zero-order valence-electron chi connectivity index (χ0n) is 12.0. The molecule has 110 valence electrons. The Balaban J connectivity index is 1.82. The van der Waals surface area contributed by atoms with Crippen LogP contribution in [-0.2, 0) is 11.2 Å². The Morgan fingerprint density at radius 2 is 2.19 bits per heavy atom. The van der Waals surface area contributed by atoms with E-state index >= 15 is 0 Å². The van der Waals surface area contributed by atoms with Crippen LogP contribution < -0.4 is 10.2 Å². The van der Waals surface area contributed by atoms with Gasteiger partial charge in [-0.1, -0.05) is 0 Å². The molecular formula is C15H17N3O2S. The molecule has 0 aliphatic rings. The third-order valence-electron chi connectivity index (χ3n) is 2.60. The zero-order valence-corrected chi connectivity index (χ0v) is 12.8. The van der Waals surface area contributed by atoms with Gasteiger partial charge >= 0.3 is 0 Å². The molecule has 0 aliphatic heterocycles. The summed E-state index contributed by atoms with van der Waals surface area (Å²) >= 11 is 1.53. The average molecular weight is 303 g/mol. The standard InChI is InChI=1S/C15H17N3O2S/c1-3-20-14-6-4-12(5-7-14)9-16-18-15(19)8-13-10-21-11(2)17-13/h4-7,9-10H,3,8H2,1-2H3,(H,18,19). The number of hydrogen-bond acceptors (Lipinski definition) is 5. The molecule has 0 fully saturated rings. The van der Waals surface area contributed by atoms with Gasteiger partial charge < -0.3 is 4.74 Å². The van der Waals surface area contributed by atoms with Crippen molar-refractivity contribution in [3.8, 4) is 5.75 Å². The quantitative estimate of drug-likeness (QED) is 0.659. The van der Waals surface area contributed by atoms with E-state index in [0.717, 1.165) is 22.0 Å². The highest BCUT2D eigenvalue weighted by atomic mass is 32.1. The van der Waals surface area contributed by atoms with Crippen LogP contribution in [0.2, 0.25) is 0 Å². The van der Waals surface area contributed by atoms with Crippen LogP contribution in [0.15, 0.2) is 34.7 Å². The first-order valence-corrected chi connectivity index (χ1v) is 7.51. The van der Waals surface area contributed by atoms with Crippen LogP contribution in [0.5, 0.6) is 5.75 Å². The van der Waals surface area contributed by atoms with Crippen molar-refractivity contribution < 1.29 is 9.53 Å². The number of aryl methyl sites for hydroxylation is 1. The van der Waals surface area contributed by atoms with Crippen LogP contribution in [0.1, 0.15) is 23.2 Å². The van der Waals surface area contributed by atoms with Gasteiger partial charge in [0.05, 0.1) is 29.9 Å². The Labute approximate surface area is 127 Å². The summed E-state index contributed by atoms with van der Waals surface area (Å²) < 4.78 is 5.35. The number of nitrogens with zero attached hydrogens (tertiary/aromatic N) is 2. The van der Waals surface area contributed by atoms with E-state index < -0.39 is 0 Å². The maximum Gasteiger partial charge on any atom is 0.246 e. The van der Waals surface area contributed by atoms with E-state index in [0.29, 0.717) is 6.61 Å². The number of amides is 1. The molecule has 5 nitrogen and oxygen atoms in total. The smallest absolute Gasteiger partial charge is 0.246 e. The molecule has 1 amide bonds. The lowest BCUT2D eigenvalue weighted by Crippen LogP contribution is -2.19. The number of ether oxygens (including phenoxy) is 1. The number of hydrazone groups is 1. The van der Waals surface area contributed by atoms with E-state index in [9.17, 15) is 4.79 Å². The van der Waals surface area contributed by atoms with Crippen LogP contribution in [0.25, 0.3) is 0 Å². The first kappa shape index (κ1) is 15.2. The van der Waals surface area contributed by atoms with E-state index in [1.807, 2.05) is 43.5 Å². The summed E-state index contributed by atoms with van der Waals surface area (Å²) in [5, 5.41) is 6.76. The minimum atomic E-state index is -0.178. The predicted octanol–water partition coefficient (Wildman–Crippen LogP) is 2.54. The van der Waals surface area contributed by atoms with E-state index in [1.54, 1.807) is 6.21 Å². The van der Waals surface area contributed by atoms with Crippen LogP contribution in [0, 0.1) is 6.92 Å². The fourth-order valence-electron chi connectivity index (χ4n) is 1.69. The monoisotopic (exact) mass is 303 g/mol. The van der Waals surface area contributed by atoms with Crippen molar-refractivity contribution in [1.82, 2.24) is 10.4 Å². The third kappa shape index (κ3) is 5.00. The van der Waals surface area contributed by atoms with E-state index in [1.165, 1.54) is 11.3 Å². The van der Waals surface area contributed by atoms with Crippen LogP contribution in [0.4, 0.5) is 0 Å². The highest BCUT2D eigenvalue weighted by molar-refractivity contribution is 7.09. The second-order valence-corrected chi connectivity index (χ2v) is 5.39. The maximum absolute atomic E-state index is 11.7. The van der Waals surface area contributed by atoms with Crippen molar-refractivity contribution in [3.05, 3.63) is 45.9 Å². The minimum absolute atomic E-state index is 0.178. The average Bonchev–Trinajstić information content (AvgIpc) is 2.86. The Kier molecular flexibility index (Phi) is 5.45. The van der Waals surface area contributed by atoms with Gasteiger partial charge in [-0.25, -0.2) is 10.4 Å². The van der Waals surface area contributed by atoms with Gasteiger partial charge in [-0.05, 0) is 43.7 Å². The van der Waals surface area contributed by atoms with Crippen molar-refractivity contribution in [3.63, 3.8) is 0 Å². The van der Waals surface area contributed by atoms with Gasteiger partial charge in [0.25, 0.3) is 0 Å². The summed E-state index contributed by atoms with van der Waals surface area (Å²) in [5.74, 6) is 0.639. The molecule has 2 rings (SSSR count). The van der Waals surface area contributed by atoms with Crippen LogP contribution >= 0.6 is 11.3 Å². The molecule has 1 N–H and O–H groups in total. The number of aromatic nitrogens is 1. The van der Waals surface area contributed by atoms with Crippen molar-refractivity contribution in [2.24, 2.45) is 5.10 Å². The Bertz CT molecular complexity index is 620. The molecule has 6 heteroatoms. The summed E-state index contributed by atoms with van der Waals surface area (Å²) in [4.78, 5) is 15.9. The molecule has 0 saturated carbocycles. The molecule has 0 unspecified atom stereocenters. The summed E-state index contributed by atoms with van der Waals surface area (Å²) in [6.07, 6.45) is 1.84. The number of benzene rings is 1. The molecule has 0 bridgehead atoms. The lowest BCUT2D eigenvalue weighted by atomic mass is 10.2. The van der Waals surface area contributed by atoms with Crippen LogP contribution in [0.3, 0.4) is 0 Å². The second-order valence-electron chi connectivity index (χ2n) is 4.33. The highest BCUT2D eigenvalue weighted by Gasteiger charge is 2.04. The van der Waals surface area contributed by atoms with Gasteiger partial charge in [-0.3, -0.25) is 4.79 Å². The van der Waals surface area contributed by atoms with Gasteiger partial charge in [0.1, 0.15) is 5.75 Å². The number of nitrogens with one attached hydrogen (secondary N) is 1. The van der Waals surface area contributed by atoms with Gasteiger partial charge in [-0.15, -0.1) is 11.3 Å². The number of rotatable bonds is 6. The maximum atomic E-state index is 11.7. The molecule has 0 radical (unpaired) electrons.